The third kappa shape index (κ3) is 5.07. The summed E-state index contributed by atoms with van der Waals surface area (Å²) in [5.74, 6) is 0. The minimum Gasteiger partial charge on any atom is -0.395 e. The van der Waals surface area contributed by atoms with Gasteiger partial charge in [-0.25, -0.2) is 8.42 Å². The number of hydrogen-bond acceptors (Lipinski definition) is 4. The van der Waals surface area contributed by atoms with Gasteiger partial charge in [0.15, 0.2) is 0 Å². The molecule has 5 nitrogen and oxygen atoms in total. The second kappa shape index (κ2) is 7.89. The lowest BCUT2D eigenvalue weighted by Crippen LogP contribution is -2.38. The van der Waals surface area contributed by atoms with Crippen LogP contribution in [0.1, 0.15) is 33.3 Å². The van der Waals surface area contributed by atoms with Crippen LogP contribution in [0.3, 0.4) is 0 Å². The fourth-order valence-electron chi connectivity index (χ4n) is 1.99. The second-order valence-electron chi connectivity index (χ2n) is 5.61. The van der Waals surface area contributed by atoms with Crippen molar-refractivity contribution in [2.75, 3.05) is 13.2 Å². The number of sulfonamides is 1. The van der Waals surface area contributed by atoms with Crippen molar-refractivity contribution in [1.82, 2.24) is 9.62 Å². The molecule has 0 saturated carbocycles. The molecule has 1 rings (SSSR count). The van der Waals surface area contributed by atoms with Crippen molar-refractivity contribution in [2.45, 2.75) is 51.2 Å². The van der Waals surface area contributed by atoms with Gasteiger partial charge < -0.3 is 10.4 Å². The van der Waals surface area contributed by atoms with Gasteiger partial charge in [0.05, 0.1) is 11.5 Å². The van der Waals surface area contributed by atoms with Crippen LogP contribution in [0.25, 0.3) is 0 Å². The number of rotatable bonds is 8. The van der Waals surface area contributed by atoms with Crippen LogP contribution in [-0.2, 0) is 16.6 Å². The Hall–Kier alpha value is -0.950. The van der Waals surface area contributed by atoms with E-state index < -0.39 is 10.0 Å². The van der Waals surface area contributed by atoms with Crippen molar-refractivity contribution in [1.29, 1.82) is 0 Å². The van der Waals surface area contributed by atoms with Gasteiger partial charge in [0.1, 0.15) is 0 Å². The Morgan fingerprint density at radius 2 is 1.71 bits per heavy atom. The molecule has 0 aliphatic heterocycles. The number of hydrogen-bond donors (Lipinski definition) is 2. The van der Waals surface area contributed by atoms with Crippen molar-refractivity contribution >= 4 is 10.0 Å². The Labute approximate surface area is 128 Å². The highest BCUT2D eigenvalue weighted by Gasteiger charge is 2.26. The average molecular weight is 314 g/mol. The summed E-state index contributed by atoms with van der Waals surface area (Å²) in [5, 5.41) is 12.3. The predicted octanol–water partition coefficient (Wildman–Crippen LogP) is 1.58. The molecule has 0 spiro atoms. The summed E-state index contributed by atoms with van der Waals surface area (Å²) in [7, 11) is -3.56. The number of nitrogens with one attached hydrogen (secondary N) is 1. The maximum absolute atomic E-state index is 12.5. The van der Waals surface area contributed by atoms with Crippen LogP contribution in [0.2, 0.25) is 0 Å². The molecule has 1 aromatic carbocycles. The van der Waals surface area contributed by atoms with Crippen molar-refractivity contribution < 1.29 is 13.5 Å². The van der Waals surface area contributed by atoms with E-state index in [9.17, 15) is 8.42 Å². The first-order valence-corrected chi connectivity index (χ1v) is 8.68. The SMILES string of the molecule is CC(C)NCc1ccc(S(=O)(=O)N(CCO)C(C)C)cc1. The average Bonchev–Trinajstić information content (AvgIpc) is 2.42. The lowest BCUT2D eigenvalue weighted by atomic mass is 10.2. The minimum atomic E-state index is -3.56. The molecule has 6 heteroatoms. The van der Waals surface area contributed by atoms with Gasteiger partial charge in [0.25, 0.3) is 0 Å². The number of aliphatic hydroxyl groups excluding tert-OH is 1. The minimum absolute atomic E-state index is 0.108. The Morgan fingerprint density at radius 1 is 1.14 bits per heavy atom. The molecule has 1 aromatic rings. The Morgan fingerprint density at radius 3 is 2.14 bits per heavy atom. The lowest BCUT2D eigenvalue weighted by molar-refractivity contribution is 0.236. The first-order valence-electron chi connectivity index (χ1n) is 7.24. The second-order valence-corrected chi connectivity index (χ2v) is 7.50. The summed E-state index contributed by atoms with van der Waals surface area (Å²) >= 11 is 0. The maximum Gasteiger partial charge on any atom is 0.243 e. The quantitative estimate of drug-likeness (QED) is 0.764. The molecule has 0 radical (unpaired) electrons. The zero-order valence-electron chi connectivity index (χ0n) is 13.2. The topological polar surface area (TPSA) is 69.6 Å². The Bertz CT molecular complexity index is 524. The smallest absolute Gasteiger partial charge is 0.243 e. The molecule has 0 amide bonds. The van der Waals surface area contributed by atoms with Crippen LogP contribution < -0.4 is 5.32 Å². The van der Waals surface area contributed by atoms with Crippen LogP contribution in [0.5, 0.6) is 0 Å². The fourth-order valence-corrected chi connectivity index (χ4v) is 3.62. The van der Waals surface area contributed by atoms with Crippen LogP contribution in [-0.4, -0.2) is 43.1 Å². The van der Waals surface area contributed by atoms with Crippen molar-refractivity contribution in [3.8, 4) is 0 Å². The largest absolute Gasteiger partial charge is 0.395 e. The van der Waals surface area contributed by atoms with E-state index in [4.69, 9.17) is 5.11 Å². The molecule has 0 atom stereocenters. The molecule has 0 bridgehead atoms. The fraction of sp³-hybridized carbons (Fsp3) is 0.600. The van der Waals surface area contributed by atoms with Gasteiger partial charge in [-0.15, -0.1) is 0 Å². The number of aliphatic hydroxyl groups is 1. The van der Waals surface area contributed by atoms with Gasteiger partial charge >= 0.3 is 0 Å². The summed E-state index contributed by atoms with van der Waals surface area (Å²) < 4.78 is 26.4. The van der Waals surface area contributed by atoms with E-state index in [-0.39, 0.29) is 24.1 Å². The van der Waals surface area contributed by atoms with Gasteiger partial charge in [-0.3, -0.25) is 0 Å². The molecular formula is C15H26N2O3S. The van der Waals surface area contributed by atoms with Crippen LogP contribution >= 0.6 is 0 Å². The first kappa shape index (κ1) is 18.1. The zero-order chi connectivity index (χ0) is 16.0. The van der Waals surface area contributed by atoms with E-state index in [1.54, 1.807) is 26.0 Å². The van der Waals surface area contributed by atoms with Crippen molar-refractivity contribution in [2.24, 2.45) is 0 Å². The van der Waals surface area contributed by atoms with Gasteiger partial charge in [-0.05, 0) is 31.5 Å². The molecule has 0 saturated heterocycles. The zero-order valence-corrected chi connectivity index (χ0v) is 14.0. The van der Waals surface area contributed by atoms with Gasteiger partial charge in [0, 0.05) is 25.2 Å². The van der Waals surface area contributed by atoms with Crippen molar-refractivity contribution in [3.05, 3.63) is 29.8 Å². The van der Waals surface area contributed by atoms with E-state index in [0.29, 0.717) is 12.6 Å². The molecule has 0 aliphatic rings. The van der Waals surface area contributed by atoms with E-state index in [1.165, 1.54) is 4.31 Å². The molecule has 0 aliphatic carbocycles. The van der Waals surface area contributed by atoms with E-state index in [2.05, 4.69) is 19.2 Å². The molecule has 120 valence electrons. The monoisotopic (exact) mass is 314 g/mol. The molecule has 0 unspecified atom stereocenters. The third-order valence-electron chi connectivity index (χ3n) is 3.14. The number of benzene rings is 1. The Kier molecular flexibility index (Phi) is 6.80. The predicted molar refractivity (Wildman–Crippen MR) is 84.5 cm³/mol. The highest BCUT2D eigenvalue weighted by atomic mass is 32.2. The standard InChI is InChI=1S/C15H26N2O3S/c1-12(2)16-11-14-5-7-15(8-6-14)21(19,20)17(9-10-18)13(3)4/h5-8,12-13,16,18H,9-11H2,1-4H3. The van der Waals surface area contributed by atoms with E-state index >= 15 is 0 Å². The van der Waals surface area contributed by atoms with Crippen LogP contribution in [0.4, 0.5) is 0 Å². The normalized spacial score (nSPS) is 12.6. The number of nitrogens with zero attached hydrogens (tertiary/aromatic N) is 1. The lowest BCUT2D eigenvalue weighted by Gasteiger charge is -2.25. The summed E-state index contributed by atoms with van der Waals surface area (Å²) in [6.07, 6.45) is 0. The summed E-state index contributed by atoms with van der Waals surface area (Å²) in [4.78, 5) is 0.262. The molecule has 0 heterocycles. The van der Waals surface area contributed by atoms with Gasteiger partial charge in [0.2, 0.25) is 10.0 Å². The van der Waals surface area contributed by atoms with Gasteiger partial charge in [-0.1, -0.05) is 26.0 Å². The highest BCUT2D eigenvalue weighted by Crippen LogP contribution is 2.18. The van der Waals surface area contributed by atoms with Crippen LogP contribution in [0.15, 0.2) is 29.2 Å². The summed E-state index contributed by atoms with van der Waals surface area (Å²) in [6.45, 7) is 8.36. The molecule has 0 aromatic heterocycles. The molecule has 2 N–H and O–H groups in total. The third-order valence-corrected chi connectivity index (χ3v) is 5.23. The first-order chi connectivity index (χ1) is 9.78. The van der Waals surface area contributed by atoms with Crippen molar-refractivity contribution in [3.63, 3.8) is 0 Å². The van der Waals surface area contributed by atoms with Gasteiger partial charge in [-0.2, -0.15) is 4.31 Å². The van der Waals surface area contributed by atoms with Crippen LogP contribution in [0, 0.1) is 0 Å². The highest BCUT2D eigenvalue weighted by molar-refractivity contribution is 7.89. The summed E-state index contributed by atoms with van der Waals surface area (Å²) in [6, 6.07) is 7.08. The molecule has 21 heavy (non-hydrogen) atoms. The summed E-state index contributed by atoms with van der Waals surface area (Å²) in [5.41, 5.74) is 1.04. The molecular weight excluding hydrogens is 288 g/mol. The van der Waals surface area contributed by atoms with E-state index in [1.807, 2.05) is 12.1 Å². The molecule has 0 fully saturated rings. The van der Waals surface area contributed by atoms with E-state index in [0.717, 1.165) is 5.56 Å². The maximum atomic E-state index is 12.5. The Balaban J connectivity index is 2.93.